The molecule has 122 valence electrons. The van der Waals surface area contributed by atoms with Crippen LogP contribution in [0.2, 0.25) is 0 Å². The SMILES string of the molecule is Cc1ccc2c(c1)CCCN2C(CC(C)C)C(=O)C(C)(C)C. The lowest BCUT2D eigenvalue weighted by Crippen LogP contribution is -2.48. The average Bonchev–Trinajstić information content (AvgIpc) is 2.42. The van der Waals surface area contributed by atoms with Crippen LogP contribution >= 0.6 is 0 Å². The van der Waals surface area contributed by atoms with Crippen LogP contribution in [0.1, 0.15) is 58.6 Å². The first-order valence-corrected chi connectivity index (χ1v) is 8.60. The molecule has 2 nitrogen and oxygen atoms in total. The van der Waals surface area contributed by atoms with Crippen LogP contribution in [0.15, 0.2) is 18.2 Å². The van der Waals surface area contributed by atoms with Gasteiger partial charge in [0.2, 0.25) is 0 Å². The molecule has 1 aromatic rings. The molecule has 0 saturated heterocycles. The zero-order valence-corrected chi connectivity index (χ0v) is 15.1. The standard InChI is InChI=1S/C20H31NO/c1-14(2)12-18(19(22)20(4,5)6)21-11-7-8-16-13-15(3)9-10-17(16)21/h9-10,13-14,18H,7-8,11-12H2,1-6H3. The molecule has 22 heavy (non-hydrogen) atoms. The average molecular weight is 301 g/mol. The number of Topliss-reactive ketones (excluding diaryl/α,β-unsaturated/α-hetero) is 1. The van der Waals surface area contributed by atoms with Crippen molar-refractivity contribution in [2.45, 2.75) is 66.8 Å². The monoisotopic (exact) mass is 301 g/mol. The Morgan fingerprint density at radius 1 is 1.27 bits per heavy atom. The number of hydrogen-bond acceptors (Lipinski definition) is 2. The molecule has 0 fully saturated rings. The van der Waals surface area contributed by atoms with E-state index in [1.54, 1.807) is 0 Å². The summed E-state index contributed by atoms with van der Waals surface area (Å²) in [5, 5.41) is 0. The van der Waals surface area contributed by atoms with E-state index in [1.165, 1.54) is 16.8 Å². The van der Waals surface area contributed by atoms with Crippen LogP contribution in [0.5, 0.6) is 0 Å². The summed E-state index contributed by atoms with van der Waals surface area (Å²) < 4.78 is 0. The van der Waals surface area contributed by atoms with Gasteiger partial charge in [0.1, 0.15) is 0 Å². The van der Waals surface area contributed by atoms with Gasteiger partial charge in [0.25, 0.3) is 0 Å². The van der Waals surface area contributed by atoms with E-state index < -0.39 is 0 Å². The molecule has 1 unspecified atom stereocenters. The highest BCUT2D eigenvalue weighted by molar-refractivity contribution is 5.91. The van der Waals surface area contributed by atoms with Gasteiger partial charge < -0.3 is 4.90 Å². The molecule has 0 aliphatic carbocycles. The van der Waals surface area contributed by atoms with E-state index in [-0.39, 0.29) is 11.5 Å². The van der Waals surface area contributed by atoms with E-state index in [0.717, 1.165) is 25.8 Å². The van der Waals surface area contributed by atoms with E-state index in [0.29, 0.717) is 11.7 Å². The van der Waals surface area contributed by atoms with Crippen molar-refractivity contribution in [3.63, 3.8) is 0 Å². The lowest BCUT2D eigenvalue weighted by atomic mass is 9.82. The van der Waals surface area contributed by atoms with E-state index in [1.807, 2.05) is 20.8 Å². The van der Waals surface area contributed by atoms with Gasteiger partial charge in [0, 0.05) is 17.6 Å². The number of nitrogens with zero attached hydrogens (tertiary/aromatic N) is 1. The summed E-state index contributed by atoms with van der Waals surface area (Å²) in [5.74, 6) is 0.891. The first-order chi connectivity index (χ1) is 10.2. The summed E-state index contributed by atoms with van der Waals surface area (Å²) in [6.45, 7) is 13.7. The Bertz CT molecular complexity index is 539. The third-order valence-electron chi connectivity index (χ3n) is 4.50. The minimum Gasteiger partial charge on any atom is -0.361 e. The maximum atomic E-state index is 13.0. The largest absolute Gasteiger partial charge is 0.361 e. The number of hydrogen-bond donors (Lipinski definition) is 0. The summed E-state index contributed by atoms with van der Waals surface area (Å²) in [6.07, 6.45) is 3.21. The number of aryl methyl sites for hydroxylation is 2. The molecule has 0 saturated carbocycles. The molecule has 0 bridgehead atoms. The predicted molar refractivity (Wildman–Crippen MR) is 94.6 cm³/mol. The first-order valence-electron chi connectivity index (χ1n) is 8.60. The molecule has 1 aromatic carbocycles. The van der Waals surface area contributed by atoms with Crippen LogP contribution in [-0.2, 0) is 11.2 Å². The minimum absolute atomic E-state index is 0.00163. The van der Waals surface area contributed by atoms with E-state index >= 15 is 0 Å². The molecule has 2 rings (SSSR count). The summed E-state index contributed by atoms with van der Waals surface area (Å²) in [5.41, 5.74) is 3.70. The first kappa shape index (κ1) is 17.1. The summed E-state index contributed by atoms with van der Waals surface area (Å²) >= 11 is 0. The van der Waals surface area contributed by atoms with Gasteiger partial charge in [-0.15, -0.1) is 0 Å². The lowest BCUT2D eigenvalue weighted by molar-refractivity contribution is -0.128. The Hall–Kier alpha value is -1.31. The van der Waals surface area contributed by atoms with Gasteiger partial charge in [0.15, 0.2) is 5.78 Å². The molecule has 0 amide bonds. The second-order valence-corrected chi connectivity index (χ2v) is 8.19. The molecular formula is C20H31NO. The van der Waals surface area contributed by atoms with Gasteiger partial charge in [-0.05, 0) is 43.7 Å². The number of fused-ring (bicyclic) bond motifs is 1. The Balaban J connectivity index is 2.39. The number of carbonyl (C=O) groups excluding carboxylic acids is 1. The van der Waals surface area contributed by atoms with Crippen molar-refractivity contribution in [2.24, 2.45) is 11.3 Å². The van der Waals surface area contributed by atoms with Crippen molar-refractivity contribution in [2.75, 3.05) is 11.4 Å². The van der Waals surface area contributed by atoms with Crippen molar-refractivity contribution in [3.05, 3.63) is 29.3 Å². The van der Waals surface area contributed by atoms with Crippen LogP contribution in [0, 0.1) is 18.3 Å². The predicted octanol–water partition coefficient (Wildman–Crippen LogP) is 4.78. The molecule has 0 aromatic heterocycles. The smallest absolute Gasteiger partial charge is 0.160 e. The Kier molecular flexibility index (Phi) is 4.99. The fourth-order valence-corrected chi connectivity index (χ4v) is 3.40. The molecule has 1 heterocycles. The van der Waals surface area contributed by atoms with E-state index in [4.69, 9.17) is 0 Å². The zero-order chi connectivity index (χ0) is 16.5. The van der Waals surface area contributed by atoms with Crippen molar-refractivity contribution in [1.29, 1.82) is 0 Å². The zero-order valence-electron chi connectivity index (χ0n) is 15.1. The maximum absolute atomic E-state index is 13.0. The molecule has 0 N–H and O–H groups in total. The third kappa shape index (κ3) is 3.71. The second-order valence-electron chi connectivity index (χ2n) is 8.19. The number of carbonyl (C=O) groups is 1. The molecule has 1 atom stereocenters. The normalized spacial score (nSPS) is 16.6. The highest BCUT2D eigenvalue weighted by Gasteiger charge is 2.35. The molecule has 0 spiro atoms. The summed E-state index contributed by atoms with van der Waals surface area (Å²) in [6, 6.07) is 6.68. The van der Waals surface area contributed by atoms with Crippen LogP contribution in [0.4, 0.5) is 5.69 Å². The molecule has 1 aliphatic rings. The molecule has 1 aliphatic heterocycles. The number of ketones is 1. The van der Waals surface area contributed by atoms with Crippen molar-refractivity contribution in [1.82, 2.24) is 0 Å². The van der Waals surface area contributed by atoms with Crippen LogP contribution < -0.4 is 4.90 Å². The van der Waals surface area contributed by atoms with Gasteiger partial charge in [-0.1, -0.05) is 52.3 Å². The van der Waals surface area contributed by atoms with E-state index in [9.17, 15) is 4.79 Å². The van der Waals surface area contributed by atoms with Gasteiger partial charge in [0.05, 0.1) is 6.04 Å². The minimum atomic E-state index is -0.290. The molecule has 2 heteroatoms. The lowest BCUT2D eigenvalue weighted by Gasteiger charge is -2.40. The van der Waals surface area contributed by atoms with Gasteiger partial charge in [-0.2, -0.15) is 0 Å². The quantitative estimate of drug-likeness (QED) is 0.798. The molecule has 0 radical (unpaired) electrons. The van der Waals surface area contributed by atoms with Gasteiger partial charge in [-0.3, -0.25) is 4.79 Å². The van der Waals surface area contributed by atoms with Crippen molar-refractivity contribution in [3.8, 4) is 0 Å². The van der Waals surface area contributed by atoms with Crippen molar-refractivity contribution < 1.29 is 4.79 Å². The summed E-state index contributed by atoms with van der Waals surface area (Å²) in [7, 11) is 0. The number of benzene rings is 1. The third-order valence-corrected chi connectivity index (χ3v) is 4.50. The number of rotatable bonds is 4. The topological polar surface area (TPSA) is 20.3 Å². The molecular weight excluding hydrogens is 270 g/mol. The van der Waals surface area contributed by atoms with Gasteiger partial charge in [-0.25, -0.2) is 0 Å². The van der Waals surface area contributed by atoms with Crippen LogP contribution in [-0.4, -0.2) is 18.4 Å². The Morgan fingerprint density at radius 2 is 1.95 bits per heavy atom. The Labute approximate surface area is 135 Å². The fraction of sp³-hybridized carbons (Fsp3) is 0.650. The van der Waals surface area contributed by atoms with E-state index in [2.05, 4.69) is 43.9 Å². The maximum Gasteiger partial charge on any atom is 0.160 e. The Morgan fingerprint density at radius 3 is 2.55 bits per heavy atom. The fourth-order valence-electron chi connectivity index (χ4n) is 3.40. The van der Waals surface area contributed by atoms with Crippen molar-refractivity contribution >= 4 is 11.5 Å². The highest BCUT2D eigenvalue weighted by atomic mass is 16.1. The summed E-state index contributed by atoms with van der Waals surface area (Å²) in [4.78, 5) is 15.4. The van der Waals surface area contributed by atoms with Crippen LogP contribution in [0.25, 0.3) is 0 Å². The van der Waals surface area contributed by atoms with Gasteiger partial charge >= 0.3 is 0 Å². The number of anilines is 1. The highest BCUT2D eigenvalue weighted by Crippen LogP contribution is 2.33. The second kappa shape index (κ2) is 6.44. The van der Waals surface area contributed by atoms with Crippen LogP contribution in [0.3, 0.4) is 0 Å².